The molecule has 2 rings (SSSR count). The number of nitrogens with one attached hydrogen (secondary N) is 2. The predicted molar refractivity (Wildman–Crippen MR) is 83.3 cm³/mol. The van der Waals surface area contributed by atoms with E-state index in [9.17, 15) is 24.6 Å². The highest BCUT2D eigenvalue weighted by Gasteiger charge is 2.59. The fourth-order valence-electron chi connectivity index (χ4n) is 3.07. The van der Waals surface area contributed by atoms with Gasteiger partial charge in [-0.3, -0.25) is 19.8 Å². The summed E-state index contributed by atoms with van der Waals surface area (Å²) in [7, 11) is 0. The van der Waals surface area contributed by atoms with Crippen LogP contribution in [-0.2, 0) is 14.3 Å². The Kier molecular flexibility index (Phi) is 4.78. The average molecular weight is 343 g/mol. The standard InChI is InChI=1S/C15H25N3O6/c1-8(19)10(11(20)21)17-9-5-15(7-16-12(15)22)18(6-9)13(23)24-14(2,3)4/h8-10,17,19H,5-7H2,1-4H3,(H,16,22)(H,20,21)/t8?,9?,10-,15?/m0/s1. The fourth-order valence-corrected chi connectivity index (χ4v) is 3.07. The number of carbonyl (C=O) groups excluding carboxylic acids is 2. The molecular weight excluding hydrogens is 318 g/mol. The van der Waals surface area contributed by atoms with Crippen LogP contribution in [0, 0.1) is 0 Å². The summed E-state index contributed by atoms with van der Waals surface area (Å²) >= 11 is 0. The Morgan fingerprint density at radius 1 is 1.46 bits per heavy atom. The molecule has 2 saturated heterocycles. The Labute approximate surface area is 140 Å². The zero-order chi connectivity index (χ0) is 18.3. The number of amides is 2. The highest BCUT2D eigenvalue weighted by Crippen LogP contribution is 2.35. The van der Waals surface area contributed by atoms with Gasteiger partial charge in [0, 0.05) is 12.6 Å². The third-order valence-corrected chi connectivity index (χ3v) is 4.25. The molecule has 2 aliphatic rings. The lowest BCUT2D eigenvalue weighted by Crippen LogP contribution is -2.71. The van der Waals surface area contributed by atoms with E-state index >= 15 is 0 Å². The molecule has 136 valence electrons. The number of hydrogen-bond donors (Lipinski definition) is 4. The van der Waals surface area contributed by atoms with E-state index in [4.69, 9.17) is 4.74 Å². The number of carboxylic acid groups (broad SMARTS) is 1. The monoisotopic (exact) mass is 343 g/mol. The molecule has 3 unspecified atom stereocenters. The van der Waals surface area contributed by atoms with Gasteiger partial charge >= 0.3 is 12.1 Å². The maximum atomic E-state index is 12.4. The number of aliphatic hydroxyl groups excluding tert-OH is 1. The van der Waals surface area contributed by atoms with E-state index in [1.165, 1.54) is 11.8 Å². The Bertz CT molecular complexity index is 544. The molecule has 0 radical (unpaired) electrons. The van der Waals surface area contributed by atoms with Crippen molar-refractivity contribution in [3.05, 3.63) is 0 Å². The summed E-state index contributed by atoms with van der Waals surface area (Å²) in [5.41, 5.74) is -1.71. The lowest BCUT2D eigenvalue weighted by Gasteiger charge is -2.44. The van der Waals surface area contributed by atoms with Crippen LogP contribution in [0.5, 0.6) is 0 Å². The number of β-lactam (4-membered cyclic amide) rings is 1. The van der Waals surface area contributed by atoms with Gasteiger partial charge in [0.2, 0.25) is 5.91 Å². The van der Waals surface area contributed by atoms with Gasteiger partial charge in [-0.15, -0.1) is 0 Å². The van der Waals surface area contributed by atoms with Crippen LogP contribution in [-0.4, -0.2) is 75.5 Å². The third-order valence-electron chi connectivity index (χ3n) is 4.25. The van der Waals surface area contributed by atoms with Crippen LogP contribution < -0.4 is 10.6 Å². The van der Waals surface area contributed by atoms with Crippen LogP contribution in [0.2, 0.25) is 0 Å². The van der Waals surface area contributed by atoms with E-state index in [0.29, 0.717) is 6.54 Å². The molecule has 0 aromatic heterocycles. The lowest BCUT2D eigenvalue weighted by molar-refractivity contribution is -0.142. The molecule has 1 spiro atoms. The molecule has 4 N–H and O–H groups in total. The molecule has 24 heavy (non-hydrogen) atoms. The Morgan fingerprint density at radius 3 is 2.46 bits per heavy atom. The number of aliphatic carboxylic acids is 1. The SMILES string of the molecule is CC(O)[C@H](NC1CN(C(=O)OC(C)(C)C)C2(CNC2=O)C1)C(=O)O. The van der Waals surface area contributed by atoms with Crippen molar-refractivity contribution in [2.45, 2.75) is 63.4 Å². The van der Waals surface area contributed by atoms with Crippen LogP contribution >= 0.6 is 0 Å². The minimum atomic E-state index is -1.19. The number of aliphatic hydroxyl groups is 1. The number of nitrogens with zero attached hydrogens (tertiary/aromatic N) is 1. The summed E-state index contributed by atoms with van der Waals surface area (Å²) in [6, 6.07) is -1.60. The van der Waals surface area contributed by atoms with Gasteiger partial charge in [0.1, 0.15) is 17.2 Å². The van der Waals surface area contributed by atoms with E-state index < -0.39 is 41.4 Å². The Hall–Kier alpha value is -1.87. The normalized spacial score (nSPS) is 29.0. The number of rotatable bonds is 4. The van der Waals surface area contributed by atoms with Gasteiger partial charge in [-0.05, 0) is 34.1 Å². The first-order chi connectivity index (χ1) is 11.0. The molecule has 0 bridgehead atoms. The van der Waals surface area contributed by atoms with Crippen LogP contribution in [0.3, 0.4) is 0 Å². The van der Waals surface area contributed by atoms with Crippen molar-refractivity contribution in [1.82, 2.24) is 15.5 Å². The van der Waals surface area contributed by atoms with Gasteiger partial charge in [0.15, 0.2) is 0 Å². The van der Waals surface area contributed by atoms with E-state index in [1.54, 1.807) is 20.8 Å². The highest BCUT2D eigenvalue weighted by molar-refractivity contribution is 5.96. The average Bonchev–Trinajstić information content (AvgIpc) is 2.82. The van der Waals surface area contributed by atoms with Crippen LogP contribution in [0.1, 0.15) is 34.1 Å². The molecule has 2 aliphatic heterocycles. The minimum absolute atomic E-state index is 0.138. The predicted octanol–water partition coefficient (Wildman–Crippen LogP) is -0.712. The molecule has 0 aromatic rings. The molecule has 2 amide bonds. The van der Waals surface area contributed by atoms with Gasteiger partial charge in [-0.25, -0.2) is 4.79 Å². The van der Waals surface area contributed by atoms with Gasteiger partial charge in [0.05, 0.1) is 12.6 Å². The van der Waals surface area contributed by atoms with Crippen LogP contribution in [0.15, 0.2) is 0 Å². The first kappa shape index (κ1) is 18.5. The molecule has 0 aliphatic carbocycles. The summed E-state index contributed by atoms with van der Waals surface area (Å²) in [6.45, 7) is 7.01. The molecular formula is C15H25N3O6. The Balaban J connectivity index is 2.15. The van der Waals surface area contributed by atoms with Crippen LogP contribution in [0.4, 0.5) is 4.79 Å². The molecule has 2 fully saturated rings. The summed E-state index contributed by atoms with van der Waals surface area (Å²) in [5, 5.41) is 24.2. The minimum Gasteiger partial charge on any atom is -0.480 e. The van der Waals surface area contributed by atoms with Gasteiger partial charge in [-0.2, -0.15) is 0 Å². The topological polar surface area (TPSA) is 128 Å². The second kappa shape index (κ2) is 6.21. The molecule has 0 saturated carbocycles. The van der Waals surface area contributed by atoms with Gasteiger partial charge < -0.3 is 20.3 Å². The van der Waals surface area contributed by atoms with Crippen molar-refractivity contribution in [3.63, 3.8) is 0 Å². The van der Waals surface area contributed by atoms with E-state index in [-0.39, 0.29) is 18.9 Å². The number of likely N-dealkylation sites (tertiary alicyclic amines) is 1. The van der Waals surface area contributed by atoms with Crippen LogP contribution in [0.25, 0.3) is 0 Å². The maximum absolute atomic E-state index is 12.4. The molecule has 0 aromatic carbocycles. The smallest absolute Gasteiger partial charge is 0.411 e. The quantitative estimate of drug-likeness (QED) is 0.496. The first-order valence-electron chi connectivity index (χ1n) is 7.92. The van der Waals surface area contributed by atoms with Crippen molar-refractivity contribution < 1.29 is 29.3 Å². The van der Waals surface area contributed by atoms with E-state index in [0.717, 1.165) is 0 Å². The molecule has 9 heteroatoms. The first-order valence-corrected chi connectivity index (χ1v) is 7.92. The zero-order valence-corrected chi connectivity index (χ0v) is 14.3. The zero-order valence-electron chi connectivity index (χ0n) is 14.3. The maximum Gasteiger partial charge on any atom is 0.411 e. The lowest BCUT2D eigenvalue weighted by atomic mass is 9.87. The second-order valence-electron chi connectivity index (χ2n) is 7.43. The molecule has 4 atom stereocenters. The summed E-state index contributed by atoms with van der Waals surface area (Å²) in [5.74, 6) is -1.46. The second-order valence-corrected chi connectivity index (χ2v) is 7.43. The number of carbonyl (C=O) groups is 3. The van der Waals surface area contributed by atoms with Crippen molar-refractivity contribution in [1.29, 1.82) is 0 Å². The highest BCUT2D eigenvalue weighted by atomic mass is 16.6. The van der Waals surface area contributed by atoms with Crippen molar-refractivity contribution in [2.75, 3.05) is 13.1 Å². The van der Waals surface area contributed by atoms with Crippen molar-refractivity contribution in [2.24, 2.45) is 0 Å². The summed E-state index contributed by atoms with van der Waals surface area (Å²) in [4.78, 5) is 37.1. The van der Waals surface area contributed by atoms with E-state index in [2.05, 4.69) is 10.6 Å². The summed E-state index contributed by atoms with van der Waals surface area (Å²) < 4.78 is 5.36. The molecule has 9 nitrogen and oxygen atoms in total. The number of carboxylic acids is 1. The van der Waals surface area contributed by atoms with Crippen molar-refractivity contribution in [3.8, 4) is 0 Å². The largest absolute Gasteiger partial charge is 0.480 e. The summed E-state index contributed by atoms with van der Waals surface area (Å²) in [6.07, 6.45) is -1.44. The number of hydrogen-bond acceptors (Lipinski definition) is 6. The Morgan fingerprint density at radius 2 is 2.08 bits per heavy atom. The van der Waals surface area contributed by atoms with E-state index in [1.807, 2.05) is 0 Å². The van der Waals surface area contributed by atoms with Gasteiger partial charge in [0.25, 0.3) is 0 Å². The third kappa shape index (κ3) is 3.46. The van der Waals surface area contributed by atoms with Crippen molar-refractivity contribution >= 4 is 18.0 Å². The van der Waals surface area contributed by atoms with Gasteiger partial charge in [-0.1, -0.05) is 0 Å². The molecule has 2 heterocycles. The fraction of sp³-hybridized carbons (Fsp3) is 0.800. The number of ether oxygens (including phenoxy) is 1.